The Bertz CT molecular complexity index is 360. The molecule has 1 aromatic carbocycles. The second-order valence-corrected chi connectivity index (χ2v) is 4.02. The highest BCUT2D eigenvalue weighted by Gasteiger charge is 2.30. The monoisotopic (exact) mass is 233 g/mol. The molecule has 0 N–H and O–H groups in total. The Morgan fingerprint density at radius 1 is 1.47 bits per heavy atom. The minimum absolute atomic E-state index is 0.124. The van der Waals surface area contributed by atoms with Crippen molar-refractivity contribution in [3.63, 3.8) is 0 Å². The summed E-state index contributed by atoms with van der Waals surface area (Å²) in [5, 5.41) is -0.124. The summed E-state index contributed by atoms with van der Waals surface area (Å²) in [6.07, 6.45) is -4.38. The third-order valence-electron chi connectivity index (χ3n) is 1.59. The van der Waals surface area contributed by atoms with E-state index in [9.17, 15) is 18.0 Å². The number of benzene rings is 1. The van der Waals surface area contributed by atoms with Crippen molar-refractivity contribution >= 4 is 16.9 Å². The van der Waals surface area contributed by atoms with Gasteiger partial charge in [0.05, 0.1) is 5.56 Å². The number of rotatable bonds is 2. The first-order valence-electron chi connectivity index (χ1n) is 4.11. The first-order valence-corrected chi connectivity index (χ1v) is 5.10. The summed E-state index contributed by atoms with van der Waals surface area (Å²) in [5.74, 6) is 0.221. The third-order valence-corrected chi connectivity index (χ3v) is 2.45. The molecule has 1 aromatic rings. The van der Waals surface area contributed by atoms with Crippen LogP contribution in [0.3, 0.4) is 0 Å². The van der Waals surface area contributed by atoms with Crippen molar-refractivity contribution < 1.29 is 18.0 Å². The Morgan fingerprint density at radius 2 is 2.13 bits per heavy atom. The summed E-state index contributed by atoms with van der Waals surface area (Å²) < 4.78 is 36.8. The topological polar surface area (TPSA) is 17.1 Å². The zero-order chi connectivity index (χ0) is 11.5. The van der Waals surface area contributed by atoms with Crippen molar-refractivity contribution in [3.8, 4) is 0 Å². The van der Waals surface area contributed by atoms with Gasteiger partial charge < -0.3 is 0 Å². The van der Waals surface area contributed by atoms with E-state index >= 15 is 0 Å². The Labute approximate surface area is 89.7 Å². The zero-order valence-corrected chi connectivity index (χ0v) is 8.71. The summed E-state index contributed by atoms with van der Waals surface area (Å²) in [6.45, 7) is 1.37. The molecule has 0 atom stereocenters. The van der Waals surface area contributed by atoms with Crippen LogP contribution in [0.2, 0.25) is 0 Å². The molecule has 0 saturated carbocycles. The average Bonchev–Trinajstić information content (AvgIpc) is 2.14. The van der Waals surface area contributed by atoms with Gasteiger partial charge in [-0.05, 0) is 17.7 Å². The predicted octanol–water partition coefficient (Wildman–Crippen LogP) is 3.29. The lowest BCUT2D eigenvalue weighted by molar-refractivity contribution is -0.137. The first-order chi connectivity index (χ1) is 6.89. The normalized spacial score (nSPS) is 11.5. The SMILES string of the molecule is CC(=O)SCc1[c]c(C(F)(F)F)ccc1. The van der Waals surface area contributed by atoms with Crippen LogP contribution in [0.25, 0.3) is 0 Å². The molecule has 81 valence electrons. The van der Waals surface area contributed by atoms with Gasteiger partial charge in [0, 0.05) is 12.7 Å². The van der Waals surface area contributed by atoms with E-state index in [1.807, 2.05) is 0 Å². The summed E-state index contributed by atoms with van der Waals surface area (Å²) in [5.41, 5.74) is -0.422. The van der Waals surface area contributed by atoms with Crippen LogP contribution in [0.5, 0.6) is 0 Å². The molecule has 1 radical (unpaired) electrons. The number of carbonyl (C=O) groups is 1. The van der Waals surface area contributed by atoms with E-state index in [2.05, 4.69) is 6.07 Å². The fourth-order valence-electron chi connectivity index (χ4n) is 0.946. The average molecular weight is 233 g/mol. The number of hydrogen-bond donors (Lipinski definition) is 0. The number of halogens is 3. The van der Waals surface area contributed by atoms with Crippen LogP contribution >= 0.6 is 11.8 Å². The van der Waals surface area contributed by atoms with E-state index in [0.29, 0.717) is 5.56 Å². The Balaban J connectivity index is 2.79. The standard InChI is InChI=1S/C10H8F3OS/c1-7(14)15-6-8-3-2-4-9(5-8)10(11,12)13/h2-4H,6H2,1H3. The molecular formula is C10H8F3OS. The van der Waals surface area contributed by atoms with Gasteiger partial charge in [0.25, 0.3) is 0 Å². The maximum Gasteiger partial charge on any atom is 0.417 e. The lowest BCUT2D eigenvalue weighted by Crippen LogP contribution is -2.05. The molecule has 1 rings (SSSR count). The maximum absolute atomic E-state index is 12.3. The lowest BCUT2D eigenvalue weighted by Gasteiger charge is -2.07. The molecule has 0 aliphatic rings. The van der Waals surface area contributed by atoms with Gasteiger partial charge in [0.1, 0.15) is 0 Å². The Hall–Kier alpha value is -0.970. The van der Waals surface area contributed by atoms with Crippen LogP contribution in [0.15, 0.2) is 18.2 Å². The summed E-state index contributed by atoms with van der Waals surface area (Å²) in [7, 11) is 0. The molecule has 0 amide bonds. The molecule has 1 nitrogen and oxygen atoms in total. The number of alkyl halides is 3. The number of carbonyl (C=O) groups excluding carboxylic acids is 1. The van der Waals surface area contributed by atoms with Gasteiger partial charge >= 0.3 is 6.18 Å². The molecule has 0 bridgehead atoms. The van der Waals surface area contributed by atoms with E-state index in [-0.39, 0.29) is 10.9 Å². The van der Waals surface area contributed by atoms with Gasteiger partial charge in [-0.2, -0.15) is 13.2 Å². The predicted molar refractivity (Wildman–Crippen MR) is 52.3 cm³/mol. The van der Waals surface area contributed by atoms with Gasteiger partial charge in [0.2, 0.25) is 0 Å². The van der Waals surface area contributed by atoms with E-state index in [0.717, 1.165) is 17.8 Å². The highest BCUT2D eigenvalue weighted by atomic mass is 32.2. The minimum Gasteiger partial charge on any atom is -0.288 e. The fourth-order valence-corrected chi connectivity index (χ4v) is 1.47. The molecule has 0 fully saturated rings. The van der Waals surface area contributed by atoms with E-state index in [1.54, 1.807) is 0 Å². The van der Waals surface area contributed by atoms with Crippen molar-refractivity contribution in [2.45, 2.75) is 18.9 Å². The van der Waals surface area contributed by atoms with Gasteiger partial charge in [-0.3, -0.25) is 4.79 Å². The van der Waals surface area contributed by atoms with Crippen LogP contribution < -0.4 is 0 Å². The van der Waals surface area contributed by atoms with Crippen molar-refractivity contribution in [1.82, 2.24) is 0 Å². The highest BCUT2D eigenvalue weighted by Crippen LogP contribution is 2.29. The molecular weight excluding hydrogens is 225 g/mol. The molecule has 0 unspecified atom stereocenters. The molecule has 15 heavy (non-hydrogen) atoms. The minimum atomic E-state index is -4.38. The third kappa shape index (κ3) is 3.95. The molecule has 0 aliphatic heterocycles. The molecule has 0 aliphatic carbocycles. The van der Waals surface area contributed by atoms with Gasteiger partial charge in [-0.15, -0.1) is 0 Å². The molecule has 0 heterocycles. The van der Waals surface area contributed by atoms with Crippen molar-refractivity contribution in [2.24, 2.45) is 0 Å². The zero-order valence-electron chi connectivity index (χ0n) is 7.89. The second-order valence-electron chi connectivity index (χ2n) is 2.87. The summed E-state index contributed by atoms with van der Waals surface area (Å²) >= 11 is 0.966. The quantitative estimate of drug-likeness (QED) is 0.779. The lowest BCUT2D eigenvalue weighted by atomic mass is 10.1. The highest BCUT2D eigenvalue weighted by molar-refractivity contribution is 8.12. The van der Waals surface area contributed by atoms with E-state index in [1.165, 1.54) is 19.1 Å². The van der Waals surface area contributed by atoms with Gasteiger partial charge in [-0.25, -0.2) is 0 Å². The van der Waals surface area contributed by atoms with E-state index < -0.39 is 11.7 Å². The van der Waals surface area contributed by atoms with Crippen LogP contribution in [0.4, 0.5) is 13.2 Å². The fraction of sp³-hybridized carbons (Fsp3) is 0.300. The summed E-state index contributed by atoms with van der Waals surface area (Å²) in [4.78, 5) is 10.6. The molecule has 0 aromatic heterocycles. The Morgan fingerprint density at radius 3 is 2.67 bits per heavy atom. The molecule has 0 saturated heterocycles. The van der Waals surface area contributed by atoms with Crippen molar-refractivity contribution in [1.29, 1.82) is 0 Å². The number of thioether (sulfide) groups is 1. The maximum atomic E-state index is 12.3. The van der Waals surface area contributed by atoms with Crippen LogP contribution in [0, 0.1) is 6.07 Å². The number of hydrogen-bond acceptors (Lipinski definition) is 2. The van der Waals surface area contributed by atoms with Crippen LogP contribution in [0.1, 0.15) is 18.1 Å². The smallest absolute Gasteiger partial charge is 0.288 e. The van der Waals surface area contributed by atoms with Gasteiger partial charge in [0.15, 0.2) is 5.12 Å². The van der Waals surface area contributed by atoms with Crippen molar-refractivity contribution in [2.75, 3.05) is 0 Å². The van der Waals surface area contributed by atoms with Gasteiger partial charge in [-0.1, -0.05) is 23.9 Å². The second kappa shape index (κ2) is 4.70. The van der Waals surface area contributed by atoms with Crippen LogP contribution in [-0.4, -0.2) is 5.12 Å². The van der Waals surface area contributed by atoms with E-state index in [4.69, 9.17) is 0 Å². The van der Waals surface area contributed by atoms with Crippen LogP contribution in [-0.2, 0) is 16.7 Å². The molecule has 0 spiro atoms. The first kappa shape index (κ1) is 12.1. The molecule has 5 heteroatoms. The van der Waals surface area contributed by atoms with Crippen molar-refractivity contribution in [3.05, 3.63) is 35.4 Å². The summed E-state index contributed by atoms with van der Waals surface area (Å²) in [6, 6.07) is 6.04. The Kier molecular flexibility index (Phi) is 3.79. The largest absolute Gasteiger partial charge is 0.417 e.